The number of aromatic nitrogens is 3. The third kappa shape index (κ3) is 2.97. The number of pyridine rings is 1. The number of aryl methyl sites for hydroxylation is 1. The van der Waals surface area contributed by atoms with Crippen LogP contribution in [0.5, 0.6) is 0 Å². The lowest BCUT2D eigenvalue weighted by Gasteiger charge is -2.12. The number of hydrogen-bond donors (Lipinski definition) is 2. The first-order chi connectivity index (χ1) is 10.3. The lowest BCUT2D eigenvalue weighted by Crippen LogP contribution is -2.05. The second kappa shape index (κ2) is 5.83. The first-order valence-electron chi connectivity index (χ1n) is 7.15. The quantitative estimate of drug-likeness (QED) is 0.754. The zero-order chi connectivity index (χ0) is 14.7. The normalized spacial score (nSPS) is 10.8. The van der Waals surface area contributed by atoms with Gasteiger partial charge in [-0.1, -0.05) is 18.2 Å². The SMILES string of the molecule is CCNc1ccccc1CNc1ccc2nc(C)nn2c1. The Morgan fingerprint density at radius 1 is 1.10 bits per heavy atom. The van der Waals surface area contributed by atoms with Gasteiger partial charge in [0.25, 0.3) is 0 Å². The summed E-state index contributed by atoms with van der Waals surface area (Å²) in [5.74, 6) is 0.782. The van der Waals surface area contributed by atoms with E-state index < -0.39 is 0 Å². The van der Waals surface area contributed by atoms with Crippen LogP contribution in [0.1, 0.15) is 18.3 Å². The molecule has 2 aromatic heterocycles. The van der Waals surface area contributed by atoms with Crippen molar-refractivity contribution in [3.05, 3.63) is 54.0 Å². The maximum Gasteiger partial charge on any atom is 0.155 e. The number of rotatable bonds is 5. The van der Waals surface area contributed by atoms with Gasteiger partial charge in [-0.25, -0.2) is 9.50 Å². The Morgan fingerprint density at radius 2 is 1.95 bits per heavy atom. The summed E-state index contributed by atoms with van der Waals surface area (Å²) in [5.41, 5.74) is 4.31. The molecule has 3 rings (SSSR count). The molecule has 0 aliphatic rings. The number of benzene rings is 1. The Labute approximate surface area is 124 Å². The second-order valence-electron chi connectivity index (χ2n) is 4.92. The lowest BCUT2D eigenvalue weighted by molar-refractivity contribution is 0.928. The maximum atomic E-state index is 4.33. The molecule has 0 unspecified atom stereocenters. The van der Waals surface area contributed by atoms with Crippen molar-refractivity contribution in [2.24, 2.45) is 0 Å². The minimum absolute atomic E-state index is 0.766. The van der Waals surface area contributed by atoms with Gasteiger partial charge in [-0.3, -0.25) is 0 Å². The number of nitrogens with zero attached hydrogens (tertiary/aromatic N) is 3. The molecule has 0 aliphatic carbocycles. The van der Waals surface area contributed by atoms with E-state index in [1.165, 1.54) is 11.3 Å². The van der Waals surface area contributed by atoms with E-state index in [1.54, 1.807) is 4.52 Å². The molecular formula is C16H19N5. The molecular weight excluding hydrogens is 262 g/mol. The average molecular weight is 281 g/mol. The second-order valence-corrected chi connectivity index (χ2v) is 4.92. The number of anilines is 2. The van der Waals surface area contributed by atoms with Gasteiger partial charge in [0.2, 0.25) is 0 Å². The lowest BCUT2D eigenvalue weighted by atomic mass is 10.1. The molecule has 3 aromatic rings. The standard InChI is InChI=1S/C16H19N5/c1-3-17-15-7-5-4-6-13(15)10-18-14-8-9-16-19-12(2)20-21(16)11-14/h4-9,11,17-18H,3,10H2,1-2H3. The average Bonchev–Trinajstić information content (AvgIpc) is 2.86. The van der Waals surface area contributed by atoms with Crippen molar-refractivity contribution in [2.45, 2.75) is 20.4 Å². The van der Waals surface area contributed by atoms with Gasteiger partial charge >= 0.3 is 0 Å². The van der Waals surface area contributed by atoms with E-state index in [-0.39, 0.29) is 0 Å². The molecule has 1 aromatic carbocycles. The summed E-state index contributed by atoms with van der Waals surface area (Å²) in [6.45, 7) is 5.68. The van der Waals surface area contributed by atoms with Gasteiger partial charge in [0, 0.05) is 18.8 Å². The van der Waals surface area contributed by atoms with Crippen molar-refractivity contribution in [3.63, 3.8) is 0 Å². The molecule has 2 heterocycles. The molecule has 21 heavy (non-hydrogen) atoms. The van der Waals surface area contributed by atoms with Gasteiger partial charge in [0.15, 0.2) is 5.65 Å². The van der Waals surface area contributed by atoms with Crippen LogP contribution in [0.15, 0.2) is 42.6 Å². The molecule has 0 aliphatic heterocycles. The predicted octanol–water partition coefficient (Wildman–Crippen LogP) is 3.08. The molecule has 5 heteroatoms. The van der Waals surface area contributed by atoms with Gasteiger partial charge in [-0.15, -0.1) is 0 Å². The molecule has 0 fully saturated rings. The largest absolute Gasteiger partial charge is 0.385 e. The highest BCUT2D eigenvalue weighted by Gasteiger charge is 2.03. The number of nitrogens with one attached hydrogen (secondary N) is 2. The van der Waals surface area contributed by atoms with Crippen LogP contribution in [0, 0.1) is 6.92 Å². The fraction of sp³-hybridized carbons (Fsp3) is 0.250. The summed E-state index contributed by atoms with van der Waals surface area (Å²) in [6.07, 6.45) is 1.96. The molecule has 0 atom stereocenters. The van der Waals surface area contributed by atoms with E-state index in [4.69, 9.17) is 0 Å². The smallest absolute Gasteiger partial charge is 0.155 e. The number of para-hydroxylation sites is 1. The highest BCUT2D eigenvalue weighted by atomic mass is 15.3. The molecule has 0 amide bonds. The van der Waals surface area contributed by atoms with Crippen LogP contribution >= 0.6 is 0 Å². The Kier molecular flexibility index (Phi) is 3.73. The molecule has 0 radical (unpaired) electrons. The zero-order valence-electron chi connectivity index (χ0n) is 12.3. The van der Waals surface area contributed by atoms with Crippen LogP contribution in [-0.2, 0) is 6.54 Å². The monoisotopic (exact) mass is 281 g/mol. The van der Waals surface area contributed by atoms with Crippen LogP contribution in [0.2, 0.25) is 0 Å². The molecule has 108 valence electrons. The Morgan fingerprint density at radius 3 is 2.81 bits per heavy atom. The van der Waals surface area contributed by atoms with Crippen LogP contribution in [0.4, 0.5) is 11.4 Å². The van der Waals surface area contributed by atoms with Gasteiger partial charge in [0.1, 0.15) is 5.82 Å². The van der Waals surface area contributed by atoms with Gasteiger partial charge < -0.3 is 10.6 Å². The topological polar surface area (TPSA) is 54.2 Å². The summed E-state index contributed by atoms with van der Waals surface area (Å²) in [5, 5.41) is 11.1. The molecule has 5 nitrogen and oxygen atoms in total. The van der Waals surface area contributed by atoms with Crippen LogP contribution < -0.4 is 10.6 Å². The molecule has 0 saturated carbocycles. The predicted molar refractivity (Wildman–Crippen MR) is 85.7 cm³/mol. The van der Waals surface area contributed by atoms with Crippen molar-refractivity contribution in [3.8, 4) is 0 Å². The third-order valence-corrected chi connectivity index (χ3v) is 3.30. The van der Waals surface area contributed by atoms with E-state index in [0.29, 0.717) is 0 Å². The van der Waals surface area contributed by atoms with E-state index >= 15 is 0 Å². The minimum Gasteiger partial charge on any atom is -0.385 e. The van der Waals surface area contributed by atoms with Crippen molar-refractivity contribution in [2.75, 3.05) is 17.2 Å². The highest BCUT2D eigenvalue weighted by Crippen LogP contribution is 2.17. The van der Waals surface area contributed by atoms with E-state index in [2.05, 4.69) is 45.8 Å². The first kappa shape index (κ1) is 13.4. The Balaban J connectivity index is 1.76. The van der Waals surface area contributed by atoms with Gasteiger partial charge in [-0.05, 0) is 37.6 Å². The van der Waals surface area contributed by atoms with E-state index in [1.807, 2.05) is 31.3 Å². The van der Waals surface area contributed by atoms with Gasteiger partial charge in [0.05, 0.1) is 11.9 Å². The molecule has 2 N–H and O–H groups in total. The third-order valence-electron chi connectivity index (χ3n) is 3.30. The molecule has 0 spiro atoms. The van der Waals surface area contributed by atoms with E-state index in [0.717, 1.165) is 30.2 Å². The van der Waals surface area contributed by atoms with Crippen LogP contribution in [0.25, 0.3) is 5.65 Å². The summed E-state index contributed by atoms with van der Waals surface area (Å²) < 4.78 is 1.80. The Bertz CT molecular complexity index is 747. The van der Waals surface area contributed by atoms with Gasteiger partial charge in [-0.2, -0.15) is 5.10 Å². The summed E-state index contributed by atoms with van der Waals surface area (Å²) in [4.78, 5) is 4.33. The highest BCUT2D eigenvalue weighted by molar-refractivity contribution is 5.54. The van der Waals surface area contributed by atoms with Crippen molar-refractivity contribution in [1.82, 2.24) is 14.6 Å². The summed E-state index contributed by atoms with van der Waals surface area (Å²) in [7, 11) is 0. The van der Waals surface area contributed by atoms with Crippen molar-refractivity contribution in [1.29, 1.82) is 0 Å². The maximum absolute atomic E-state index is 4.33. The van der Waals surface area contributed by atoms with Crippen LogP contribution in [0.3, 0.4) is 0 Å². The number of fused-ring (bicyclic) bond motifs is 1. The van der Waals surface area contributed by atoms with E-state index in [9.17, 15) is 0 Å². The van der Waals surface area contributed by atoms with Crippen molar-refractivity contribution >= 4 is 17.0 Å². The molecule has 0 saturated heterocycles. The minimum atomic E-state index is 0.766. The molecule has 0 bridgehead atoms. The van der Waals surface area contributed by atoms with Crippen LogP contribution in [-0.4, -0.2) is 21.1 Å². The number of hydrogen-bond acceptors (Lipinski definition) is 4. The van der Waals surface area contributed by atoms with Crippen molar-refractivity contribution < 1.29 is 0 Å². The summed E-state index contributed by atoms with van der Waals surface area (Å²) >= 11 is 0. The fourth-order valence-electron chi connectivity index (χ4n) is 2.33. The fourth-order valence-corrected chi connectivity index (χ4v) is 2.33. The zero-order valence-corrected chi connectivity index (χ0v) is 12.3. The first-order valence-corrected chi connectivity index (χ1v) is 7.15. The summed E-state index contributed by atoms with van der Waals surface area (Å²) in [6, 6.07) is 12.3. The Hall–Kier alpha value is -2.56.